The van der Waals surface area contributed by atoms with Crippen LogP contribution in [0.25, 0.3) is 10.8 Å². The van der Waals surface area contributed by atoms with Gasteiger partial charge in [0.25, 0.3) is 11.5 Å². The number of amides is 1. The SMILES string of the molecule is CN/C=C(/F)C(N)=NC(=O)Cn1nc(C(C)C)c2cc(Br)ccc2c1=O. The molecule has 26 heavy (non-hydrogen) atoms. The summed E-state index contributed by atoms with van der Waals surface area (Å²) in [6.45, 7) is 3.44. The number of aliphatic imine (C=N–C) groups is 1. The lowest BCUT2D eigenvalue weighted by Gasteiger charge is -2.12. The van der Waals surface area contributed by atoms with E-state index in [0.29, 0.717) is 16.5 Å². The molecule has 0 aliphatic carbocycles. The average molecular weight is 424 g/mol. The summed E-state index contributed by atoms with van der Waals surface area (Å²) in [5, 5.41) is 7.90. The number of carbonyl (C=O) groups is 1. The first-order chi connectivity index (χ1) is 12.2. The molecule has 0 fully saturated rings. The van der Waals surface area contributed by atoms with E-state index in [1.54, 1.807) is 12.1 Å². The second-order valence-electron chi connectivity index (χ2n) is 5.86. The number of amidine groups is 1. The fraction of sp³-hybridized carbons (Fsp3) is 0.294. The van der Waals surface area contributed by atoms with Gasteiger partial charge >= 0.3 is 0 Å². The van der Waals surface area contributed by atoms with Gasteiger partial charge in [0, 0.05) is 23.1 Å². The average Bonchev–Trinajstić information content (AvgIpc) is 2.57. The molecule has 0 spiro atoms. The van der Waals surface area contributed by atoms with Crippen molar-refractivity contribution in [1.82, 2.24) is 15.1 Å². The van der Waals surface area contributed by atoms with Crippen molar-refractivity contribution < 1.29 is 9.18 Å². The highest BCUT2D eigenvalue weighted by atomic mass is 79.9. The number of hydrogen-bond acceptors (Lipinski definition) is 4. The van der Waals surface area contributed by atoms with Crippen molar-refractivity contribution in [2.75, 3.05) is 7.05 Å². The van der Waals surface area contributed by atoms with Gasteiger partial charge in [-0.1, -0.05) is 29.8 Å². The number of nitrogens with two attached hydrogens (primary N) is 1. The summed E-state index contributed by atoms with van der Waals surface area (Å²) in [6.07, 6.45) is 0.973. The Labute approximate surface area is 157 Å². The van der Waals surface area contributed by atoms with Crippen LogP contribution in [0, 0.1) is 0 Å². The molecule has 1 heterocycles. The van der Waals surface area contributed by atoms with Crippen molar-refractivity contribution in [3.05, 3.63) is 50.7 Å². The summed E-state index contributed by atoms with van der Waals surface area (Å²) in [4.78, 5) is 28.2. The van der Waals surface area contributed by atoms with Gasteiger partial charge in [0.2, 0.25) is 0 Å². The highest BCUT2D eigenvalue weighted by Gasteiger charge is 2.16. The molecule has 1 aromatic heterocycles. The summed E-state index contributed by atoms with van der Waals surface area (Å²) in [5.74, 6) is -2.18. The van der Waals surface area contributed by atoms with Crippen molar-refractivity contribution in [3.8, 4) is 0 Å². The van der Waals surface area contributed by atoms with Crippen molar-refractivity contribution in [1.29, 1.82) is 0 Å². The highest BCUT2D eigenvalue weighted by Crippen LogP contribution is 2.24. The number of benzene rings is 1. The number of aromatic nitrogens is 2. The van der Waals surface area contributed by atoms with Gasteiger partial charge < -0.3 is 11.1 Å². The van der Waals surface area contributed by atoms with E-state index in [2.05, 4.69) is 31.3 Å². The highest BCUT2D eigenvalue weighted by molar-refractivity contribution is 9.10. The van der Waals surface area contributed by atoms with Crippen LogP contribution in [0.1, 0.15) is 25.5 Å². The molecular formula is C17H19BrFN5O2. The molecule has 3 N–H and O–H groups in total. The van der Waals surface area contributed by atoms with E-state index in [-0.39, 0.29) is 5.92 Å². The summed E-state index contributed by atoms with van der Waals surface area (Å²) in [5.41, 5.74) is 5.66. The molecule has 2 rings (SSSR count). The van der Waals surface area contributed by atoms with E-state index in [9.17, 15) is 14.0 Å². The van der Waals surface area contributed by atoms with Gasteiger partial charge in [-0.15, -0.1) is 0 Å². The topological polar surface area (TPSA) is 102 Å². The molecule has 0 unspecified atom stereocenters. The van der Waals surface area contributed by atoms with Crippen LogP contribution in [0.3, 0.4) is 0 Å². The van der Waals surface area contributed by atoms with Crippen molar-refractivity contribution in [2.45, 2.75) is 26.3 Å². The summed E-state index contributed by atoms with van der Waals surface area (Å²) in [7, 11) is 1.49. The lowest BCUT2D eigenvalue weighted by molar-refractivity contribution is -0.118. The zero-order valence-corrected chi connectivity index (χ0v) is 16.2. The molecular weight excluding hydrogens is 405 g/mol. The predicted molar refractivity (Wildman–Crippen MR) is 103 cm³/mol. The van der Waals surface area contributed by atoms with Crippen LogP contribution in [0.5, 0.6) is 0 Å². The standard InChI is InChI=1S/C17H19BrFN5O2/c1-9(2)15-12-6-10(18)4-5-11(12)17(26)24(23-15)8-14(25)22-16(20)13(19)7-21-3/h4-7,9,21H,8H2,1-3H3,(H2,20,22,25)/b13-7+. The van der Waals surface area contributed by atoms with Gasteiger partial charge in [-0.3, -0.25) is 9.59 Å². The summed E-state index contributed by atoms with van der Waals surface area (Å²) < 4.78 is 15.4. The zero-order chi connectivity index (χ0) is 19.4. The van der Waals surface area contributed by atoms with Crippen LogP contribution >= 0.6 is 15.9 Å². The summed E-state index contributed by atoms with van der Waals surface area (Å²) in [6, 6.07) is 5.23. The quantitative estimate of drug-likeness (QED) is 0.566. The second kappa shape index (κ2) is 8.22. The maximum atomic E-state index is 13.5. The largest absolute Gasteiger partial charge is 0.392 e. The predicted octanol–water partition coefficient (Wildman–Crippen LogP) is 2.20. The maximum Gasteiger partial charge on any atom is 0.275 e. The van der Waals surface area contributed by atoms with Crippen molar-refractivity contribution in [2.24, 2.45) is 10.7 Å². The Morgan fingerprint density at radius 2 is 2.15 bits per heavy atom. The van der Waals surface area contributed by atoms with Crippen molar-refractivity contribution >= 4 is 38.4 Å². The third-order valence-electron chi connectivity index (χ3n) is 3.54. The molecule has 1 aromatic carbocycles. The Kier molecular flexibility index (Phi) is 6.25. The Bertz CT molecular complexity index is 966. The molecule has 0 aliphatic heterocycles. The third kappa shape index (κ3) is 4.34. The summed E-state index contributed by atoms with van der Waals surface area (Å²) >= 11 is 3.38. The fourth-order valence-corrected chi connectivity index (χ4v) is 2.73. The van der Waals surface area contributed by atoms with Crippen molar-refractivity contribution in [3.63, 3.8) is 0 Å². The Morgan fingerprint density at radius 3 is 2.77 bits per heavy atom. The number of carbonyl (C=O) groups excluding carboxylic acids is 1. The number of nitrogens with zero attached hydrogens (tertiary/aromatic N) is 3. The first-order valence-corrected chi connectivity index (χ1v) is 8.64. The smallest absolute Gasteiger partial charge is 0.275 e. The monoisotopic (exact) mass is 423 g/mol. The number of fused-ring (bicyclic) bond motifs is 1. The van der Waals surface area contributed by atoms with Gasteiger partial charge in [-0.05, 0) is 24.1 Å². The van der Waals surface area contributed by atoms with Crippen LogP contribution in [0.4, 0.5) is 4.39 Å². The minimum Gasteiger partial charge on any atom is -0.392 e. The molecule has 1 amide bonds. The molecule has 7 nitrogen and oxygen atoms in total. The second-order valence-corrected chi connectivity index (χ2v) is 6.78. The third-order valence-corrected chi connectivity index (χ3v) is 4.04. The molecule has 2 aromatic rings. The van der Waals surface area contributed by atoms with Gasteiger partial charge in [0.05, 0.1) is 11.1 Å². The minimum atomic E-state index is -0.868. The molecule has 0 aliphatic rings. The first kappa shape index (κ1) is 19.8. The van der Waals surface area contributed by atoms with Crippen LogP contribution in [-0.4, -0.2) is 28.6 Å². The fourth-order valence-electron chi connectivity index (χ4n) is 2.37. The Hall–Kier alpha value is -2.55. The Morgan fingerprint density at radius 1 is 1.46 bits per heavy atom. The molecule has 0 saturated carbocycles. The maximum absolute atomic E-state index is 13.5. The minimum absolute atomic E-state index is 0.0262. The van der Waals surface area contributed by atoms with E-state index in [0.717, 1.165) is 15.4 Å². The number of rotatable bonds is 5. The van der Waals surface area contributed by atoms with E-state index >= 15 is 0 Å². The van der Waals surface area contributed by atoms with E-state index < -0.39 is 29.7 Å². The van der Waals surface area contributed by atoms with Crippen LogP contribution in [-0.2, 0) is 11.3 Å². The normalized spacial score (nSPS) is 12.7. The van der Waals surface area contributed by atoms with Crippen LogP contribution in [0.2, 0.25) is 0 Å². The van der Waals surface area contributed by atoms with Crippen LogP contribution < -0.4 is 16.6 Å². The number of nitrogens with one attached hydrogen (secondary N) is 1. The molecule has 0 bridgehead atoms. The Balaban J connectivity index is 2.48. The van der Waals surface area contributed by atoms with E-state index in [4.69, 9.17) is 5.73 Å². The molecule has 0 atom stereocenters. The lowest BCUT2D eigenvalue weighted by Crippen LogP contribution is -2.29. The van der Waals surface area contributed by atoms with Gasteiger partial charge in [-0.2, -0.15) is 10.1 Å². The van der Waals surface area contributed by atoms with Gasteiger partial charge in [-0.25, -0.2) is 9.07 Å². The lowest BCUT2D eigenvalue weighted by atomic mass is 10.0. The molecule has 138 valence electrons. The number of halogens is 2. The molecule has 0 radical (unpaired) electrons. The van der Waals surface area contributed by atoms with E-state index in [1.807, 2.05) is 19.9 Å². The van der Waals surface area contributed by atoms with E-state index in [1.165, 1.54) is 7.05 Å². The molecule has 0 saturated heterocycles. The van der Waals surface area contributed by atoms with Crippen LogP contribution in [0.15, 0.2) is 44.5 Å². The van der Waals surface area contributed by atoms with Gasteiger partial charge in [0.15, 0.2) is 11.7 Å². The number of hydrogen-bond donors (Lipinski definition) is 2. The zero-order valence-electron chi connectivity index (χ0n) is 14.6. The molecule has 9 heteroatoms. The van der Waals surface area contributed by atoms with Gasteiger partial charge in [0.1, 0.15) is 6.54 Å². The first-order valence-electron chi connectivity index (χ1n) is 7.85.